The van der Waals surface area contributed by atoms with Crippen LogP contribution in [0.4, 0.5) is 0 Å². The van der Waals surface area contributed by atoms with Crippen LogP contribution >= 0.6 is 18.9 Å². The molecule has 0 bridgehead atoms. The highest BCUT2D eigenvalue weighted by Crippen LogP contribution is 2.64. The fraction of sp³-hybridized carbons (Fsp3) is 0.125. The number of amides is 2. The van der Waals surface area contributed by atoms with Crippen molar-refractivity contribution in [2.45, 2.75) is 0 Å². The van der Waals surface area contributed by atoms with Crippen molar-refractivity contribution in [3.63, 3.8) is 0 Å². The van der Waals surface area contributed by atoms with Gasteiger partial charge >= 0.3 is 0 Å². The van der Waals surface area contributed by atoms with Gasteiger partial charge in [0.05, 0.1) is 13.2 Å². The first-order valence-electron chi connectivity index (χ1n) is 12.8. The largest absolute Gasteiger partial charge is 0.378 e. The summed E-state index contributed by atoms with van der Waals surface area (Å²) in [4.78, 5) is 29.4. The Bertz CT molecular complexity index is 1350. The zero-order valence-electron chi connectivity index (χ0n) is 21.4. The van der Waals surface area contributed by atoms with Crippen LogP contribution in [-0.4, -0.2) is 43.0 Å². The summed E-state index contributed by atoms with van der Waals surface area (Å²) in [7, 11) is -2.80. The summed E-state index contributed by atoms with van der Waals surface area (Å²) in [5.41, 5.74) is 0.537. The zero-order chi connectivity index (χ0) is 27.1. The normalized spacial score (nSPS) is 14.3. The van der Waals surface area contributed by atoms with E-state index in [4.69, 9.17) is 16.3 Å². The lowest BCUT2D eigenvalue weighted by Gasteiger charge is -2.31. The van der Waals surface area contributed by atoms with Gasteiger partial charge in [0.25, 0.3) is 11.8 Å². The summed E-state index contributed by atoms with van der Waals surface area (Å²) < 4.78 is 5.82. The molecular weight excluding hydrogens is 527 g/mol. The summed E-state index contributed by atoms with van der Waals surface area (Å²) in [6.45, 7) is 1.70. The van der Waals surface area contributed by atoms with Gasteiger partial charge in [-0.1, -0.05) is 72.8 Å². The van der Waals surface area contributed by atoms with E-state index in [9.17, 15) is 9.59 Å². The number of morpholine rings is 1. The molecule has 1 aliphatic heterocycles. The van der Waals surface area contributed by atoms with Crippen LogP contribution in [0.25, 0.3) is 0 Å². The van der Waals surface area contributed by atoms with Crippen LogP contribution in [0, 0.1) is 0 Å². The third-order valence-electron chi connectivity index (χ3n) is 6.72. The Hall–Kier alpha value is -3.76. The Labute approximate surface area is 234 Å². The van der Waals surface area contributed by atoms with Gasteiger partial charge in [-0.05, 0) is 60.1 Å². The van der Waals surface area contributed by atoms with Crippen molar-refractivity contribution in [2.24, 2.45) is 0 Å². The molecule has 7 heteroatoms. The van der Waals surface area contributed by atoms with E-state index in [0.717, 1.165) is 15.9 Å². The number of benzene rings is 4. The predicted molar refractivity (Wildman–Crippen MR) is 159 cm³/mol. The highest BCUT2D eigenvalue weighted by molar-refractivity contribution is 8.00. The Balaban J connectivity index is 1.79. The molecule has 4 aromatic carbocycles. The molecule has 0 aromatic heterocycles. The number of nitrogens with zero attached hydrogens (tertiary/aromatic N) is 1. The average Bonchev–Trinajstić information content (AvgIpc) is 3.02. The molecule has 5 nitrogen and oxygen atoms in total. The first-order valence-corrected chi connectivity index (χ1v) is 15.0. The third kappa shape index (κ3) is 5.53. The number of rotatable bonds is 7. The van der Waals surface area contributed by atoms with Gasteiger partial charge in [0.15, 0.2) is 13.0 Å². The summed E-state index contributed by atoms with van der Waals surface area (Å²) in [6.07, 6.45) is 0. The number of ether oxygens (including phenoxy) is 1. The minimum absolute atomic E-state index is 0.0947. The van der Waals surface area contributed by atoms with Gasteiger partial charge in [-0.3, -0.25) is 9.59 Å². The van der Waals surface area contributed by atoms with Crippen molar-refractivity contribution in [2.75, 3.05) is 26.3 Å². The van der Waals surface area contributed by atoms with Crippen LogP contribution in [0.5, 0.6) is 0 Å². The van der Waals surface area contributed by atoms with Crippen molar-refractivity contribution in [3.8, 4) is 0 Å². The zero-order valence-corrected chi connectivity index (χ0v) is 23.0. The Morgan fingerprint density at radius 2 is 1.08 bits per heavy atom. The van der Waals surface area contributed by atoms with E-state index in [0.29, 0.717) is 36.6 Å². The molecule has 5 rings (SSSR count). The minimum atomic E-state index is -2.80. The molecule has 0 radical (unpaired) electrons. The number of carbonyl (C=O) groups is 2. The van der Waals surface area contributed by atoms with Crippen LogP contribution in [0.2, 0.25) is 0 Å². The van der Waals surface area contributed by atoms with Crippen LogP contribution in [0.15, 0.2) is 132 Å². The predicted octanol–water partition coefficient (Wildman–Crippen LogP) is 4.68. The van der Waals surface area contributed by atoms with Gasteiger partial charge in [0.1, 0.15) is 15.9 Å². The highest BCUT2D eigenvalue weighted by Gasteiger charge is 2.52. The first kappa shape index (κ1) is 26.8. The lowest BCUT2D eigenvalue weighted by Crippen LogP contribution is -2.45. The summed E-state index contributed by atoms with van der Waals surface area (Å²) in [5.74, 6) is -0.711. The number of hydrogen-bond acceptors (Lipinski definition) is 3. The first-order chi connectivity index (χ1) is 19.1. The second-order valence-corrected chi connectivity index (χ2v) is 13.0. The van der Waals surface area contributed by atoms with Crippen LogP contribution in [0.3, 0.4) is 0 Å². The minimum Gasteiger partial charge on any atom is -0.378 e. The molecule has 1 saturated heterocycles. The second kappa shape index (κ2) is 12.4. The smallest absolute Gasteiger partial charge is 0.275 e. The average molecular weight is 556 g/mol. The molecule has 196 valence electrons. The fourth-order valence-corrected chi connectivity index (χ4v) is 9.73. The molecule has 1 aliphatic rings. The lowest BCUT2D eigenvalue weighted by atomic mass is 10.2. The molecule has 0 atom stereocenters. The monoisotopic (exact) mass is 555 g/mol. The number of halogens is 1. The van der Waals surface area contributed by atoms with Gasteiger partial charge in [-0.25, -0.2) is 0 Å². The highest BCUT2D eigenvalue weighted by atomic mass is 35.5. The van der Waals surface area contributed by atoms with Crippen molar-refractivity contribution >= 4 is 46.6 Å². The van der Waals surface area contributed by atoms with Gasteiger partial charge < -0.3 is 15.0 Å². The summed E-state index contributed by atoms with van der Waals surface area (Å²) >= 11 is 7.55. The standard InChI is InChI=1S/C32H28ClN2O3P/c33-30(29(32(37)35-21-23-38-24-22-35)34-31(36)25-13-5-1-6-14-25)39(26-15-7-2-8-16-26,27-17-9-3-10-18-27)28-19-11-4-12-20-28/h1-20H,21-24H2/p+1/b30-29+. The molecule has 2 amide bonds. The summed E-state index contributed by atoms with van der Waals surface area (Å²) in [5, 5.41) is 5.89. The molecule has 0 saturated carbocycles. The molecule has 39 heavy (non-hydrogen) atoms. The quantitative estimate of drug-likeness (QED) is 0.266. The molecule has 1 heterocycles. The van der Waals surface area contributed by atoms with E-state index in [2.05, 4.69) is 5.32 Å². The van der Waals surface area contributed by atoms with E-state index in [1.54, 1.807) is 29.2 Å². The maximum absolute atomic E-state index is 14.2. The number of nitrogens with one attached hydrogen (secondary N) is 1. The molecule has 1 N–H and O–H groups in total. The van der Waals surface area contributed by atoms with Gasteiger partial charge in [-0.2, -0.15) is 0 Å². The van der Waals surface area contributed by atoms with Crippen molar-refractivity contribution in [3.05, 3.63) is 137 Å². The third-order valence-corrected chi connectivity index (χ3v) is 11.7. The second-order valence-electron chi connectivity index (χ2n) is 9.07. The number of carbonyl (C=O) groups excluding carboxylic acids is 2. The van der Waals surface area contributed by atoms with E-state index in [1.165, 1.54) is 0 Å². The topological polar surface area (TPSA) is 58.6 Å². The van der Waals surface area contributed by atoms with Gasteiger partial charge in [0, 0.05) is 18.7 Å². The fourth-order valence-electron chi connectivity index (χ4n) is 4.80. The lowest BCUT2D eigenvalue weighted by molar-refractivity contribution is -0.131. The van der Waals surface area contributed by atoms with Crippen molar-refractivity contribution in [1.29, 1.82) is 0 Å². The Kier molecular flexibility index (Phi) is 8.53. The van der Waals surface area contributed by atoms with Crippen LogP contribution in [-0.2, 0) is 9.53 Å². The van der Waals surface area contributed by atoms with Crippen LogP contribution < -0.4 is 21.2 Å². The number of hydrogen-bond donors (Lipinski definition) is 1. The Morgan fingerprint density at radius 3 is 1.51 bits per heavy atom. The van der Waals surface area contributed by atoms with E-state index in [-0.39, 0.29) is 11.6 Å². The summed E-state index contributed by atoms with van der Waals surface area (Å²) in [6, 6.07) is 38.9. The van der Waals surface area contributed by atoms with E-state index >= 15 is 0 Å². The van der Waals surface area contributed by atoms with Crippen molar-refractivity contribution in [1.82, 2.24) is 10.2 Å². The molecule has 0 unspecified atom stereocenters. The molecule has 0 aliphatic carbocycles. The SMILES string of the molecule is O=C(N/C(C(=O)N1CCOCC1)=C(\Cl)[P+](c1ccccc1)(c1ccccc1)c1ccccc1)c1ccccc1. The molecule has 4 aromatic rings. The van der Waals surface area contributed by atoms with Crippen LogP contribution in [0.1, 0.15) is 10.4 Å². The molecular formula is C32H29ClN2O3P+. The van der Waals surface area contributed by atoms with E-state index < -0.39 is 13.2 Å². The van der Waals surface area contributed by atoms with E-state index in [1.807, 2.05) is 97.1 Å². The van der Waals surface area contributed by atoms with Crippen molar-refractivity contribution < 1.29 is 14.3 Å². The maximum Gasteiger partial charge on any atom is 0.275 e. The Morgan fingerprint density at radius 1 is 0.667 bits per heavy atom. The maximum atomic E-state index is 14.2. The van der Waals surface area contributed by atoms with Gasteiger partial charge in [-0.15, -0.1) is 0 Å². The van der Waals surface area contributed by atoms with Gasteiger partial charge in [0.2, 0.25) is 4.77 Å². The molecule has 0 spiro atoms. The molecule has 1 fully saturated rings.